The van der Waals surface area contributed by atoms with Gasteiger partial charge in [-0.1, -0.05) is 6.07 Å². The van der Waals surface area contributed by atoms with E-state index in [1.165, 1.54) is 11.0 Å². The van der Waals surface area contributed by atoms with Crippen molar-refractivity contribution < 1.29 is 18.7 Å². The number of hydrogen-bond donors (Lipinski definition) is 1. The zero-order valence-electron chi connectivity index (χ0n) is 14.1. The molecule has 0 spiro atoms. The smallest absolute Gasteiger partial charge is 0.410 e. The molecule has 1 atom stereocenters. The lowest BCUT2D eigenvalue weighted by Gasteiger charge is -2.33. The molecule has 1 aliphatic rings. The van der Waals surface area contributed by atoms with Crippen LogP contribution in [0.3, 0.4) is 0 Å². The third-order valence-corrected chi connectivity index (χ3v) is 4.27. The summed E-state index contributed by atoms with van der Waals surface area (Å²) in [6.45, 7) is 6.24. The molecular weight excluding hydrogens is 379 g/mol. The molecule has 0 aromatic heterocycles. The van der Waals surface area contributed by atoms with Crippen molar-refractivity contribution in [2.24, 2.45) is 5.92 Å². The van der Waals surface area contributed by atoms with Gasteiger partial charge in [0.05, 0.1) is 16.1 Å². The largest absolute Gasteiger partial charge is 0.444 e. The Kier molecular flexibility index (Phi) is 5.85. The molecule has 0 saturated carbocycles. The van der Waals surface area contributed by atoms with Gasteiger partial charge >= 0.3 is 6.09 Å². The van der Waals surface area contributed by atoms with E-state index < -0.39 is 17.5 Å². The topological polar surface area (TPSA) is 58.6 Å². The van der Waals surface area contributed by atoms with E-state index in [1.807, 2.05) is 0 Å². The first-order valence-electron chi connectivity index (χ1n) is 7.90. The molecule has 0 aliphatic carbocycles. The Labute approximate surface area is 149 Å². The molecule has 1 N–H and O–H groups in total. The van der Waals surface area contributed by atoms with Crippen molar-refractivity contribution in [3.05, 3.63) is 28.5 Å². The van der Waals surface area contributed by atoms with E-state index in [4.69, 9.17) is 4.74 Å². The summed E-state index contributed by atoms with van der Waals surface area (Å²) in [7, 11) is 0. The van der Waals surface area contributed by atoms with E-state index in [1.54, 1.807) is 32.9 Å². The average Bonchev–Trinajstić information content (AvgIpc) is 2.50. The van der Waals surface area contributed by atoms with Gasteiger partial charge in [-0.15, -0.1) is 0 Å². The van der Waals surface area contributed by atoms with Gasteiger partial charge in [-0.3, -0.25) is 4.79 Å². The van der Waals surface area contributed by atoms with Crippen LogP contribution in [-0.4, -0.2) is 35.6 Å². The number of rotatable bonds is 2. The number of benzene rings is 1. The van der Waals surface area contributed by atoms with Crippen molar-refractivity contribution in [1.82, 2.24) is 4.90 Å². The lowest BCUT2D eigenvalue weighted by atomic mass is 9.97. The number of likely N-dealkylation sites (tertiary alicyclic amines) is 1. The molecule has 24 heavy (non-hydrogen) atoms. The van der Waals surface area contributed by atoms with Crippen LogP contribution in [0.5, 0.6) is 0 Å². The van der Waals surface area contributed by atoms with Crippen LogP contribution >= 0.6 is 15.9 Å². The van der Waals surface area contributed by atoms with Gasteiger partial charge in [-0.2, -0.15) is 0 Å². The number of carbonyl (C=O) groups is 2. The number of halogens is 2. The SMILES string of the molecule is CC(C)(C)OC(=O)N1CCC[C@@H](C(=O)Nc2cccc(Br)c2F)C1. The van der Waals surface area contributed by atoms with Gasteiger partial charge in [0.15, 0.2) is 5.82 Å². The van der Waals surface area contributed by atoms with Gasteiger partial charge in [-0.25, -0.2) is 9.18 Å². The number of nitrogens with one attached hydrogen (secondary N) is 1. The summed E-state index contributed by atoms with van der Waals surface area (Å²) >= 11 is 3.09. The summed E-state index contributed by atoms with van der Waals surface area (Å²) in [6, 6.07) is 4.72. The van der Waals surface area contributed by atoms with Crippen LogP contribution in [0, 0.1) is 11.7 Å². The van der Waals surface area contributed by atoms with Gasteiger partial charge in [0.2, 0.25) is 5.91 Å². The zero-order valence-corrected chi connectivity index (χ0v) is 15.7. The maximum atomic E-state index is 14.0. The highest BCUT2D eigenvalue weighted by Crippen LogP contribution is 2.25. The van der Waals surface area contributed by atoms with Crippen LogP contribution in [0.1, 0.15) is 33.6 Å². The predicted octanol–water partition coefficient (Wildman–Crippen LogP) is 4.17. The third-order valence-electron chi connectivity index (χ3n) is 3.65. The highest BCUT2D eigenvalue weighted by molar-refractivity contribution is 9.10. The average molecular weight is 401 g/mol. The molecule has 1 saturated heterocycles. The number of nitrogens with zero attached hydrogens (tertiary/aromatic N) is 1. The van der Waals surface area contributed by atoms with Crippen molar-refractivity contribution in [2.75, 3.05) is 18.4 Å². The number of ether oxygens (including phenoxy) is 1. The first kappa shape index (κ1) is 18.7. The summed E-state index contributed by atoms with van der Waals surface area (Å²) in [5, 5.41) is 2.61. The minimum Gasteiger partial charge on any atom is -0.444 e. The fraction of sp³-hybridized carbons (Fsp3) is 0.529. The maximum Gasteiger partial charge on any atom is 0.410 e. The second-order valence-corrected chi connectivity index (χ2v) is 7.71. The van der Waals surface area contributed by atoms with Crippen LogP contribution in [0.2, 0.25) is 0 Å². The van der Waals surface area contributed by atoms with Gasteiger partial charge in [0.25, 0.3) is 0 Å². The van der Waals surface area contributed by atoms with Crippen LogP contribution in [0.25, 0.3) is 0 Å². The highest BCUT2D eigenvalue weighted by atomic mass is 79.9. The number of anilines is 1. The molecule has 1 heterocycles. The van der Waals surface area contributed by atoms with Crippen LogP contribution in [0.15, 0.2) is 22.7 Å². The van der Waals surface area contributed by atoms with Gasteiger partial charge in [0.1, 0.15) is 5.60 Å². The number of piperidine rings is 1. The van der Waals surface area contributed by atoms with E-state index >= 15 is 0 Å². The fourth-order valence-corrected chi connectivity index (χ4v) is 2.88. The molecule has 0 bridgehead atoms. The van der Waals surface area contributed by atoms with Gasteiger partial charge < -0.3 is 15.0 Å². The summed E-state index contributed by atoms with van der Waals surface area (Å²) in [4.78, 5) is 26.1. The third kappa shape index (κ3) is 4.93. The molecule has 1 aromatic rings. The molecule has 0 unspecified atom stereocenters. The number of carbonyl (C=O) groups excluding carboxylic acids is 2. The van der Waals surface area contributed by atoms with Crippen molar-refractivity contribution >= 4 is 33.6 Å². The fourth-order valence-electron chi connectivity index (χ4n) is 2.52. The second kappa shape index (κ2) is 7.51. The standard InChI is InChI=1S/C17H22BrFN2O3/c1-17(2,3)24-16(23)21-9-5-6-11(10-21)15(22)20-13-8-4-7-12(18)14(13)19/h4,7-8,11H,5-6,9-10H2,1-3H3,(H,20,22)/t11-/m1/s1. The Morgan fingerprint density at radius 1 is 1.38 bits per heavy atom. The van der Waals surface area contributed by atoms with Crippen molar-refractivity contribution in [2.45, 2.75) is 39.2 Å². The molecule has 0 radical (unpaired) electrons. The van der Waals surface area contributed by atoms with Crippen molar-refractivity contribution in [3.8, 4) is 0 Å². The Morgan fingerprint density at radius 2 is 2.08 bits per heavy atom. The van der Waals surface area contributed by atoms with Crippen LogP contribution in [0.4, 0.5) is 14.9 Å². The van der Waals surface area contributed by atoms with Crippen molar-refractivity contribution in [1.29, 1.82) is 0 Å². The molecular formula is C17H22BrFN2O3. The Bertz CT molecular complexity index is 631. The minimum atomic E-state index is -0.578. The summed E-state index contributed by atoms with van der Waals surface area (Å²) in [6.07, 6.45) is 0.938. The quantitative estimate of drug-likeness (QED) is 0.809. The molecule has 2 amide bonds. The number of hydrogen-bond acceptors (Lipinski definition) is 3. The second-order valence-electron chi connectivity index (χ2n) is 6.86. The zero-order chi connectivity index (χ0) is 17.9. The van der Waals surface area contributed by atoms with E-state index in [9.17, 15) is 14.0 Å². The van der Waals surface area contributed by atoms with E-state index in [0.717, 1.165) is 0 Å². The lowest BCUT2D eigenvalue weighted by Crippen LogP contribution is -2.45. The normalized spacial score (nSPS) is 18.2. The molecule has 1 fully saturated rings. The summed E-state index contributed by atoms with van der Waals surface area (Å²) < 4.78 is 19.6. The molecule has 2 rings (SSSR count). The van der Waals surface area contributed by atoms with Gasteiger partial charge in [0, 0.05) is 13.1 Å². The van der Waals surface area contributed by atoms with E-state index in [-0.39, 0.29) is 24.1 Å². The van der Waals surface area contributed by atoms with Crippen LogP contribution < -0.4 is 5.32 Å². The lowest BCUT2D eigenvalue weighted by molar-refractivity contribution is -0.121. The molecule has 5 nitrogen and oxygen atoms in total. The molecule has 1 aliphatic heterocycles. The Hall–Kier alpha value is -1.63. The maximum absolute atomic E-state index is 14.0. The Balaban J connectivity index is 2.00. The number of amides is 2. The first-order chi connectivity index (χ1) is 11.2. The summed E-state index contributed by atoms with van der Waals surface area (Å²) in [5.41, 5.74) is -0.449. The minimum absolute atomic E-state index is 0.128. The molecule has 132 valence electrons. The Morgan fingerprint density at radius 3 is 2.75 bits per heavy atom. The summed E-state index contributed by atoms with van der Waals surface area (Å²) in [5.74, 6) is -1.18. The van der Waals surface area contributed by atoms with Crippen LogP contribution in [-0.2, 0) is 9.53 Å². The van der Waals surface area contributed by atoms with Crippen molar-refractivity contribution in [3.63, 3.8) is 0 Å². The monoisotopic (exact) mass is 400 g/mol. The van der Waals surface area contributed by atoms with E-state index in [0.29, 0.717) is 23.9 Å². The van der Waals surface area contributed by atoms with E-state index in [2.05, 4.69) is 21.2 Å². The highest BCUT2D eigenvalue weighted by Gasteiger charge is 2.31. The molecule has 1 aromatic carbocycles. The van der Waals surface area contributed by atoms with Gasteiger partial charge in [-0.05, 0) is 61.7 Å². The molecule has 7 heteroatoms. The first-order valence-corrected chi connectivity index (χ1v) is 8.69. The predicted molar refractivity (Wildman–Crippen MR) is 93.3 cm³/mol.